The molecule has 7 nitrogen and oxygen atoms in total. The molecule has 1 atom stereocenters. The lowest BCUT2D eigenvalue weighted by Gasteiger charge is -2.34. The van der Waals surface area contributed by atoms with Crippen LogP contribution in [0.25, 0.3) is 0 Å². The molecule has 1 heterocycles. The maximum atomic E-state index is 12.6. The van der Waals surface area contributed by atoms with Crippen molar-refractivity contribution in [1.82, 2.24) is 10.2 Å². The van der Waals surface area contributed by atoms with Gasteiger partial charge in [-0.1, -0.05) is 36.4 Å². The Morgan fingerprint density at radius 1 is 1.22 bits per heavy atom. The van der Waals surface area contributed by atoms with Crippen molar-refractivity contribution in [1.29, 1.82) is 0 Å². The quantitative estimate of drug-likeness (QED) is 0.726. The van der Waals surface area contributed by atoms with Crippen LogP contribution in [0.1, 0.15) is 12.0 Å². The molecule has 2 aromatic rings. The van der Waals surface area contributed by atoms with Crippen LogP contribution in [0, 0.1) is 0 Å². The van der Waals surface area contributed by atoms with Gasteiger partial charge in [-0.3, -0.25) is 4.79 Å². The number of carbonyl (C=O) groups excluding carboxylic acids is 2. The molecular weight excluding hydrogens is 346 g/mol. The molecule has 0 aromatic heterocycles. The molecule has 142 valence electrons. The van der Waals surface area contributed by atoms with Crippen LogP contribution >= 0.6 is 0 Å². The number of benzene rings is 2. The molecule has 0 spiro atoms. The predicted molar refractivity (Wildman–Crippen MR) is 101 cm³/mol. The monoisotopic (exact) mass is 369 g/mol. The van der Waals surface area contributed by atoms with Gasteiger partial charge in [-0.15, -0.1) is 0 Å². The Morgan fingerprint density at radius 3 is 2.81 bits per heavy atom. The first-order valence-corrected chi connectivity index (χ1v) is 8.90. The number of carbonyl (C=O) groups is 2. The Morgan fingerprint density at radius 2 is 2.04 bits per heavy atom. The van der Waals surface area contributed by atoms with Crippen molar-refractivity contribution < 1.29 is 19.4 Å². The lowest BCUT2D eigenvalue weighted by molar-refractivity contribution is -0.128. The largest absolute Gasteiger partial charge is 0.489 e. The third-order valence-corrected chi connectivity index (χ3v) is 4.33. The summed E-state index contributed by atoms with van der Waals surface area (Å²) in [5, 5.41) is 14.7. The summed E-state index contributed by atoms with van der Waals surface area (Å²) >= 11 is 0. The summed E-state index contributed by atoms with van der Waals surface area (Å²) in [4.78, 5) is 26.0. The van der Waals surface area contributed by atoms with Crippen molar-refractivity contribution in [2.24, 2.45) is 0 Å². The first kappa shape index (κ1) is 18.7. The molecule has 0 saturated carbocycles. The normalized spacial score (nSPS) is 16.6. The van der Waals surface area contributed by atoms with Crippen molar-refractivity contribution in [3.63, 3.8) is 0 Å². The van der Waals surface area contributed by atoms with Crippen LogP contribution in [0.15, 0.2) is 54.6 Å². The second-order valence-corrected chi connectivity index (χ2v) is 6.24. The average Bonchev–Trinajstić information content (AvgIpc) is 2.69. The van der Waals surface area contributed by atoms with Gasteiger partial charge >= 0.3 is 6.03 Å². The zero-order valence-corrected chi connectivity index (χ0v) is 14.9. The molecule has 1 aliphatic heterocycles. The topological polar surface area (TPSA) is 90.9 Å². The fourth-order valence-corrected chi connectivity index (χ4v) is 2.97. The van der Waals surface area contributed by atoms with Gasteiger partial charge in [-0.25, -0.2) is 4.79 Å². The number of amides is 3. The lowest BCUT2D eigenvalue weighted by Crippen LogP contribution is -2.58. The van der Waals surface area contributed by atoms with Crippen LogP contribution in [0.5, 0.6) is 5.75 Å². The third-order valence-electron chi connectivity index (χ3n) is 4.33. The average molecular weight is 369 g/mol. The van der Waals surface area contributed by atoms with Gasteiger partial charge in [0.25, 0.3) is 0 Å². The highest BCUT2D eigenvalue weighted by molar-refractivity contribution is 5.94. The van der Waals surface area contributed by atoms with E-state index in [2.05, 4.69) is 10.6 Å². The molecule has 27 heavy (non-hydrogen) atoms. The zero-order chi connectivity index (χ0) is 19.1. The molecule has 0 radical (unpaired) electrons. The SMILES string of the molecule is O=C1NCCN(C(=O)Nc2cccc(OCc3ccccc3)c2)[C@H]1CCO. The number of rotatable bonds is 6. The molecular formula is C20H23N3O4. The van der Waals surface area contributed by atoms with Crippen LogP contribution in [0.2, 0.25) is 0 Å². The number of ether oxygens (including phenoxy) is 1. The standard InChI is InChI=1S/C20H23N3O4/c24-12-9-18-19(25)21-10-11-23(18)20(26)22-16-7-4-8-17(13-16)27-14-15-5-2-1-3-6-15/h1-8,13,18,24H,9-12,14H2,(H,21,25)(H,22,26)/t18-/m0/s1. The number of anilines is 1. The molecule has 3 amide bonds. The first-order valence-electron chi connectivity index (χ1n) is 8.90. The van der Waals surface area contributed by atoms with Gasteiger partial charge < -0.3 is 25.4 Å². The van der Waals surface area contributed by atoms with Gasteiger partial charge in [-0.05, 0) is 24.1 Å². The van der Waals surface area contributed by atoms with E-state index in [-0.39, 0.29) is 25.0 Å². The van der Waals surface area contributed by atoms with Gasteiger partial charge in [0, 0.05) is 31.5 Å². The van der Waals surface area contributed by atoms with Gasteiger partial charge in [0.05, 0.1) is 0 Å². The first-order chi connectivity index (χ1) is 13.2. The number of piperazine rings is 1. The second-order valence-electron chi connectivity index (χ2n) is 6.24. The highest BCUT2D eigenvalue weighted by Gasteiger charge is 2.32. The zero-order valence-electron chi connectivity index (χ0n) is 14.9. The molecule has 0 bridgehead atoms. The number of aliphatic hydroxyl groups excluding tert-OH is 1. The molecule has 7 heteroatoms. The molecule has 3 N–H and O–H groups in total. The Bertz CT molecular complexity index is 782. The van der Waals surface area contributed by atoms with E-state index in [1.165, 1.54) is 4.90 Å². The highest BCUT2D eigenvalue weighted by Crippen LogP contribution is 2.20. The van der Waals surface area contributed by atoms with E-state index in [0.29, 0.717) is 31.1 Å². The summed E-state index contributed by atoms with van der Waals surface area (Å²) in [5.74, 6) is 0.394. The minimum Gasteiger partial charge on any atom is -0.489 e. The molecule has 0 unspecified atom stereocenters. The number of nitrogens with zero attached hydrogens (tertiary/aromatic N) is 1. The fourth-order valence-electron chi connectivity index (χ4n) is 2.97. The highest BCUT2D eigenvalue weighted by atomic mass is 16.5. The summed E-state index contributed by atoms with van der Waals surface area (Å²) in [6, 6.07) is 15.9. The molecule has 1 fully saturated rings. The lowest BCUT2D eigenvalue weighted by atomic mass is 10.1. The van der Waals surface area contributed by atoms with Gasteiger partial charge in [0.2, 0.25) is 5.91 Å². The summed E-state index contributed by atoms with van der Waals surface area (Å²) in [5.41, 5.74) is 1.64. The number of aliphatic hydroxyl groups is 1. The van der Waals surface area contributed by atoms with Crippen LogP contribution in [0.4, 0.5) is 10.5 Å². The predicted octanol–water partition coefficient (Wildman–Crippen LogP) is 1.98. The molecule has 0 aliphatic carbocycles. The van der Waals surface area contributed by atoms with E-state index in [9.17, 15) is 9.59 Å². The van der Waals surface area contributed by atoms with Crippen LogP contribution in [0.3, 0.4) is 0 Å². The third kappa shape index (κ3) is 4.98. The van der Waals surface area contributed by atoms with Crippen molar-refractivity contribution >= 4 is 17.6 Å². The smallest absolute Gasteiger partial charge is 0.322 e. The molecule has 2 aromatic carbocycles. The van der Waals surface area contributed by atoms with Crippen LogP contribution in [-0.2, 0) is 11.4 Å². The second kappa shape index (κ2) is 9.05. The summed E-state index contributed by atoms with van der Waals surface area (Å²) < 4.78 is 5.77. The number of hydrogen-bond acceptors (Lipinski definition) is 4. The Labute approximate surface area is 157 Å². The van der Waals surface area contributed by atoms with Crippen LogP contribution in [-0.4, -0.2) is 47.7 Å². The Balaban J connectivity index is 1.62. The fraction of sp³-hybridized carbons (Fsp3) is 0.300. The summed E-state index contributed by atoms with van der Waals surface area (Å²) in [6.45, 7) is 1.06. The van der Waals surface area contributed by atoms with Gasteiger partial charge in [-0.2, -0.15) is 0 Å². The van der Waals surface area contributed by atoms with Crippen molar-refractivity contribution in [3.05, 3.63) is 60.2 Å². The van der Waals surface area contributed by atoms with E-state index in [0.717, 1.165) is 5.56 Å². The van der Waals surface area contributed by atoms with E-state index in [4.69, 9.17) is 9.84 Å². The van der Waals surface area contributed by atoms with E-state index in [1.54, 1.807) is 18.2 Å². The Hall–Kier alpha value is -3.06. The van der Waals surface area contributed by atoms with Crippen molar-refractivity contribution in [3.8, 4) is 5.75 Å². The maximum absolute atomic E-state index is 12.6. The Kier molecular flexibility index (Phi) is 6.27. The van der Waals surface area contributed by atoms with Gasteiger partial charge in [0.1, 0.15) is 18.4 Å². The van der Waals surface area contributed by atoms with E-state index < -0.39 is 6.04 Å². The van der Waals surface area contributed by atoms with E-state index in [1.807, 2.05) is 36.4 Å². The molecule has 1 aliphatic rings. The number of hydrogen-bond donors (Lipinski definition) is 3. The minimum absolute atomic E-state index is 0.162. The molecule has 1 saturated heterocycles. The van der Waals surface area contributed by atoms with Gasteiger partial charge in [0.15, 0.2) is 0 Å². The number of urea groups is 1. The number of nitrogens with one attached hydrogen (secondary N) is 2. The van der Waals surface area contributed by atoms with Crippen LogP contribution < -0.4 is 15.4 Å². The summed E-state index contributed by atoms with van der Waals surface area (Å²) in [6.07, 6.45) is 0.208. The van der Waals surface area contributed by atoms with Crippen molar-refractivity contribution in [2.45, 2.75) is 19.1 Å². The summed E-state index contributed by atoms with van der Waals surface area (Å²) in [7, 11) is 0. The maximum Gasteiger partial charge on any atom is 0.322 e. The van der Waals surface area contributed by atoms with E-state index >= 15 is 0 Å². The van der Waals surface area contributed by atoms with Crippen molar-refractivity contribution in [2.75, 3.05) is 25.0 Å². The molecule has 3 rings (SSSR count). The minimum atomic E-state index is -0.665.